The second-order valence-corrected chi connectivity index (χ2v) is 5.71. The fourth-order valence-corrected chi connectivity index (χ4v) is 3.29. The Hall–Kier alpha value is 0.200. The molecule has 0 aliphatic carbocycles. The minimum absolute atomic E-state index is 0.514. The third-order valence-electron chi connectivity index (χ3n) is 2.90. The van der Waals surface area contributed by atoms with Crippen molar-refractivity contribution >= 4 is 34.5 Å². The van der Waals surface area contributed by atoms with Gasteiger partial charge in [-0.15, -0.1) is 11.3 Å². The molecular weight excluding hydrogens is 251 g/mol. The van der Waals surface area contributed by atoms with Crippen LogP contribution in [0.4, 0.5) is 0 Å². The molecule has 15 heavy (non-hydrogen) atoms. The van der Waals surface area contributed by atoms with Crippen molar-refractivity contribution in [3.05, 3.63) is 20.3 Å². The summed E-state index contributed by atoms with van der Waals surface area (Å²) in [7, 11) is 0. The Bertz CT molecular complexity index is 340. The molecule has 0 spiro atoms. The van der Waals surface area contributed by atoms with Gasteiger partial charge in [0.15, 0.2) is 0 Å². The molecule has 2 N–H and O–H groups in total. The number of rotatable bonds is 3. The maximum atomic E-state index is 6.10. The Morgan fingerprint density at radius 2 is 2.33 bits per heavy atom. The minimum atomic E-state index is 0.514. The van der Waals surface area contributed by atoms with Crippen molar-refractivity contribution in [1.82, 2.24) is 4.90 Å². The van der Waals surface area contributed by atoms with E-state index in [-0.39, 0.29) is 0 Å². The zero-order chi connectivity index (χ0) is 10.8. The van der Waals surface area contributed by atoms with Crippen LogP contribution in [0.5, 0.6) is 0 Å². The molecular formula is C10H14Cl2N2S. The van der Waals surface area contributed by atoms with Crippen molar-refractivity contribution in [2.24, 2.45) is 5.73 Å². The lowest BCUT2D eigenvalue weighted by Gasteiger charge is -2.22. The summed E-state index contributed by atoms with van der Waals surface area (Å²) < 4.78 is 0.690. The number of hydrogen-bond donors (Lipinski definition) is 1. The Labute approximate surface area is 104 Å². The highest BCUT2D eigenvalue weighted by Crippen LogP contribution is 2.34. The van der Waals surface area contributed by atoms with Crippen molar-refractivity contribution < 1.29 is 0 Å². The maximum Gasteiger partial charge on any atom is 0.112 e. The summed E-state index contributed by atoms with van der Waals surface area (Å²) in [6.07, 6.45) is 2.43. The van der Waals surface area contributed by atoms with Crippen LogP contribution in [0.2, 0.25) is 9.36 Å². The first-order chi connectivity index (χ1) is 7.22. The van der Waals surface area contributed by atoms with Gasteiger partial charge in [-0.2, -0.15) is 0 Å². The molecule has 1 unspecified atom stereocenters. The summed E-state index contributed by atoms with van der Waals surface area (Å²) in [5, 5.41) is 2.75. The zero-order valence-electron chi connectivity index (χ0n) is 8.38. The van der Waals surface area contributed by atoms with E-state index in [1.807, 2.05) is 5.38 Å². The highest BCUT2D eigenvalue weighted by molar-refractivity contribution is 7.15. The number of likely N-dealkylation sites (tertiary alicyclic amines) is 1. The van der Waals surface area contributed by atoms with E-state index in [1.54, 1.807) is 0 Å². The van der Waals surface area contributed by atoms with E-state index in [0.717, 1.165) is 25.2 Å². The van der Waals surface area contributed by atoms with Crippen LogP contribution >= 0.6 is 34.5 Å². The summed E-state index contributed by atoms with van der Waals surface area (Å²) in [4.78, 5) is 2.39. The van der Waals surface area contributed by atoms with Crippen molar-refractivity contribution in [3.63, 3.8) is 0 Å². The molecule has 2 rings (SSSR count). The van der Waals surface area contributed by atoms with Crippen LogP contribution in [0, 0.1) is 0 Å². The molecule has 84 valence electrons. The molecule has 0 radical (unpaired) electrons. The van der Waals surface area contributed by atoms with Gasteiger partial charge in [-0.05, 0) is 30.3 Å². The predicted molar refractivity (Wildman–Crippen MR) is 66.8 cm³/mol. The molecule has 0 aromatic carbocycles. The van der Waals surface area contributed by atoms with Crippen LogP contribution in [-0.4, -0.2) is 24.0 Å². The van der Waals surface area contributed by atoms with Gasteiger partial charge in [0, 0.05) is 19.1 Å². The van der Waals surface area contributed by atoms with Gasteiger partial charge in [0.2, 0.25) is 0 Å². The molecule has 1 aromatic rings. The summed E-state index contributed by atoms with van der Waals surface area (Å²) in [5.41, 5.74) is 6.85. The predicted octanol–water partition coefficient (Wildman–Crippen LogP) is 2.98. The fraction of sp³-hybridized carbons (Fsp3) is 0.600. The SMILES string of the molecule is NCC1CCCN1Cc1csc(Cl)c1Cl. The van der Waals surface area contributed by atoms with Gasteiger partial charge in [-0.25, -0.2) is 0 Å². The lowest BCUT2D eigenvalue weighted by molar-refractivity contribution is 0.250. The van der Waals surface area contributed by atoms with Crippen LogP contribution in [0.25, 0.3) is 0 Å². The largest absolute Gasteiger partial charge is 0.329 e. The Morgan fingerprint density at radius 1 is 1.53 bits per heavy atom. The van der Waals surface area contributed by atoms with Gasteiger partial charge >= 0.3 is 0 Å². The van der Waals surface area contributed by atoms with Crippen LogP contribution in [0.15, 0.2) is 5.38 Å². The highest BCUT2D eigenvalue weighted by atomic mass is 35.5. The lowest BCUT2D eigenvalue weighted by Crippen LogP contribution is -2.34. The Morgan fingerprint density at radius 3 is 2.93 bits per heavy atom. The molecule has 2 nitrogen and oxygen atoms in total. The van der Waals surface area contributed by atoms with Crippen LogP contribution in [0.1, 0.15) is 18.4 Å². The summed E-state index contributed by atoms with van der Waals surface area (Å²) in [6.45, 7) is 2.73. The second kappa shape index (κ2) is 5.02. The van der Waals surface area contributed by atoms with Gasteiger partial charge < -0.3 is 5.73 Å². The van der Waals surface area contributed by atoms with E-state index in [2.05, 4.69) is 4.90 Å². The first-order valence-electron chi connectivity index (χ1n) is 5.08. The Balaban J connectivity index is 2.05. The molecule has 1 fully saturated rings. The summed E-state index contributed by atoms with van der Waals surface area (Å²) >= 11 is 13.5. The Kier molecular flexibility index (Phi) is 3.91. The highest BCUT2D eigenvalue weighted by Gasteiger charge is 2.24. The zero-order valence-corrected chi connectivity index (χ0v) is 10.7. The molecule has 1 aliphatic heterocycles. The van der Waals surface area contributed by atoms with Gasteiger partial charge in [0.1, 0.15) is 4.34 Å². The van der Waals surface area contributed by atoms with E-state index in [9.17, 15) is 0 Å². The van der Waals surface area contributed by atoms with E-state index in [1.165, 1.54) is 24.2 Å². The standard InChI is InChI=1S/C10H14Cl2N2S/c11-9-7(6-15-10(9)12)5-14-3-1-2-8(14)4-13/h6,8H,1-5,13H2. The van der Waals surface area contributed by atoms with Gasteiger partial charge in [0.05, 0.1) is 5.02 Å². The molecule has 5 heteroatoms. The molecule has 2 heterocycles. The number of hydrogen-bond acceptors (Lipinski definition) is 3. The van der Waals surface area contributed by atoms with Gasteiger partial charge in [-0.3, -0.25) is 4.90 Å². The maximum absolute atomic E-state index is 6.10. The van der Waals surface area contributed by atoms with Crippen LogP contribution in [0.3, 0.4) is 0 Å². The van der Waals surface area contributed by atoms with Gasteiger partial charge in [-0.1, -0.05) is 23.2 Å². The topological polar surface area (TPSA) is 29.3 Å². The van der Waals surface area contributed by atoms with E-state index < -0.39 is 0 Å². The molecule has 1 saturated heterocycles. The van der Waals surface area contributed by atoms with Crippen molar-refractivity contribution in [2.75, 3.05) is 13.1 Å². The minimum Gasteiger partial charge on any atom is -0.329 e. The van der Waals surface area contributed by atoms with E-state index >= 15 is 0 Å². The first kappa shape index (κ1) is 11.7. The summed E-state index contributed by atoms with van der Waals surface area (Å²) in [6, 6.07) is 0.514. The van der Waals surface area contributed by atoms with Crippen molar-refractivity contribution in [1.29, 1.82) is 0 Å². The molecule has 1 aliphatic rings. The third kappa shape index (κ3) is 2.48. The van der Waals surface area contributed by atoms with Crippen LogP contribution < -0.4 is 5.73 Å². The van der Waals surface area contributed by atoms with Crippen LogP contribution in [-0.2, 0) is 6.54 Å². The molecule has 0 amide bonds. The van der Waals surface area contributed by atoms with E-state index in [0.29, 0.717) is 15.4 Å². The van der Waals surface area contributed by atoms with Crippen molar-refractivity contribution in [2.45, 2.75) is 25.4 Å². The molecule has 1 aromatic heterocycles. The number of nitrogens with two attached hydrogens (primary N) is 1. The monoisotopic (exact) mass is 264 g/mol. The number of thiophene rings is 1. The average molecular weight is 265 g/mol. The molecule has 0 saturated carbocycles. The normalized spacial score (nSPS) is 22.5. The fourth-order valence-electron chi connectivity index (χ4n) is 2.05. The molecule has 1 atom stereocenters. The third-order valence-corrected chi connectivity index (χ3v) is 4.81. The summed E-state index contributed by atoms with van der Waals surface area (Å²) in [5.74, 6) is 0. The number of halogens is 2. The van der Waals surface area contributed by atoms with E-state index in [4.69, 9.17) is 28.9 Å². The van der Waals surface area contributed by atoms with Gasteiger partial charge in [0.25, 0.3) is 0 Å². The average Bonchev–Trinajstić information content (AvgIpc) is 2.80. The second-order valence-electron chi connectivity index (χ2n) is 3.85. The number of nitrogens with zero attached hydrogens (tertiary/aromatic N) is 1. The lowest BCUT2D eigenvalue weighted by atomic mass is 10.2. The first-order valence-corrected chi connectivity index (χ1v) is 6.71. The smallest absolute Gasteiger partial charge is 0.112 e. The molecule has 0 bridgehead atoms. The quantitative estimate of drug-likeness (QED) is 0.910. The van der Waals surface area contributed by atoms with Crippen molar-refractivity contribution in [3.8, 4) is 0 Å².